The van der Waals surface area contributed by atoms with Crippen LogP contribution in [0.15, 0.2) is 61.6 Å². The van der Waals surface area contributed by atoms with Crippen LogP contribution in [0.5, 0.6) is 0 Å². The van der Waals surface area contributed by atoms with Crippen molar-refractivity contribution in [2.45, 2.75) is 12.8 Å². The molecule has 0 fully saturated rings. The van der Waals surface area contributed by atoms with Crippen LogP contribution in [0.2, 0.25) is 0 Å². The average Bonchev–Trinajstić information content (AvgIpc) is 3.31. The van der Waals surface area contributed by atoms with Gasteiger partial charge in [0.2, 0.25) is 0 Å². The van der Waals surface area contributed by atoms with E-state index in [1.165, 1.54) is 6.33 Å². The molecule has 154 valence electrons. The molecule has 1 atom stereocenters. The van der Waals surface area contributed by atoms with Crippen LogP contribution in [0.4, 0.5) is 5.82 Å². The van der Waals surface area contributed by atoms with Gasteiger partial charge in [0.05, 0.1) is 11.1 Å². The van der Waals surface area contributed by atoms with E-state index in [4.69, 9.17) is 0 Å². The van der Waals surface area contributed by atoms with Crippen molar-refractivity contribution < 1.29 is 4.79 Å². The maximum absolute atomic E-state index is 12.2. The highest BCUT2D eigenvalue weighted by Crippen LogP contribution is 2.26. The third-order valence-corrected chi connectivity index (χ3v) is 4.82. The number of amides is 1. The minimum absolute atomic E-state index is 0. The first-order valence-electron chi connectivity index (χ1n) is 9.31. The zero-order valence-electron chi connectivity index (χ0n) is 16.7. The number of nitrogens with one attached hydrogen (secondary N) is 2. The van der Waals surface area contributed by atoms with Crippen LogP contribution in [0.25, 0.3) is 16.7 Å². The second-order valence-electron chi connectivity index (χ2n) is 6.69. The van der Waals surface area contributed by atoms with Gasteiger partial charge in [0.25, 0.3) is 5.91 Å². The van der Waals surface area contributed by atoms with Gasteiger partial charge in [-0.3, -0.25) is 14.3 Å². The Bertz CT molecular complexity index is 1150. The summed E-state index contributed by atoms with van der Waals surface area (Å²) in [4.78, 5) is 29.3. The van der Waals surface area contributed by atoms with E-state index >= 15 is 0 Å². The molecule has 8 nitrogen and oxygen atoms in total. The first-order chi connectivity index (χ1) is 14.2. The summed E-state index contributed by atoms with van der Waals surface area (Å²) >= 11 is 0. The number of aromatic nitrogens is 5. The Balaban J connectivity index is 0.00000256. The molecular weight excluding hydrogens is 398 g/mol. The molecule has 3 heterocycles. The van der Waals surface area contributed by atoms with Crippen LogP contribution < -0.4 is 10.6 Å². The highest BCUT2D eigenvalue weighted by atomic mass is 32.1. The fraction of sp³-hybridized carbons (Fsp3) is 0.190. The summed E-state index contributed by atoms with van der Waals surface area (Å²) in [7, 11) is 1.63. The maximum atomic E-state index is 12.2. The monoisotopic (exact) mass is 421 g/mol. The topological polar surface area (TPSA) is 97.6 Å². The van der Waals surface area contributed by atoms with Crippen LogP contribution in [-0.4, -0.2) is 44.0 Å². The minimum Gasteiger partial charge on any atom is -0.369 e. The van der Waals surface area contributed by atoms with E-state index in [1.54, 1.807) is 31.8 Å². The van der Waals surface area contributed by atoms with Gasteiger partial charge in [-0.2, -0.15) is 13.5 Å². The molecule has 0 saturated carbocycles. The number of pyridine rings is 1. The number of rotatable bonds is 6. The maximum Gasteiger partial charge on any atom is 0.251 e. The molecule has 4 rings (SSSR count). The number of imidazole rings is 1. The Hall–Kier alpha value is -3.46. The summed E-state index contributed by atoms with van der Waals surface area (Å²) < 4.78 is 1.82. The summed E-state index contributed by atoms with van der Waals surface area (Å²) in [5, 5.41) is 6.90. The third kappa shape index (κ3) is 4.25. The number of para-hydroxylation sites is 1. The molecule has 0 aliphatic carbocycles. The van der Waals surface area contributed by atoms with E-state index < -0.39 is 0 Å². The van der Waals surface area contributed by atoms with Crippen LogP contribution in [-0.2, 0) is 0 Å². The molecule has 0 spiro atoms. The van der Waals surface area contributed by atoms with Gasteiger partial charge in [-0.25, -0.2) is 15.0 Å². The number of nitrogens with zero attached hydrogens (tertiary/aromatic N) is 5. The first kappa shape index (κ1) is 21.3. The Kier molecular flexibility index (Phi) is 6.63. The Morgan fingerprint density at radius 1 is 1.17 bits per heavy atom. The van der Waals surface area contributed by atoms with Crippen molar-refractivity contribution >= 4 is 36.1 Å². The summed E-state index contributed by atoms with van der Waals surface area (Å²) in [6.07, 6.45) is 8.44. The summed E-state index contributed by atoms with van der Waals surface area (Å²) in [5.74, 6) is 1.51. The fourth-order valence-corrected chi connectivity index (χ4v) is 3.28. The number of fused-ring (bicyclic) bond motifs is 1. The van der Waals surface area contributed by atoms with E-state index in [2.05, 4.69) is 37.5 Å². The molecule has 30 heavy (non-hydrogen) atoms. The van der Waals surface area contributed by atoms with Crippen molar-refractivity contribution in [3.05, 3.63) is 72.7 Å². The number of carbonyl (C=O) groups excluding carboxylic acids is 1. The zero-order chi connectivity index (χ0) is 20.2. The lowest BCUT2D eigenvalue weighted by atomic mass is 9.96. The third-order valence-electron chi connectivity index (χ3n) is 4.82. The van der Waals surface area contributed by atoms with Crippen molar-refractivity contribution in [3.63, 3.8) is 0 Å². The van der Waals surface area contributed by atoms with Crippen LogP contribution >= 0.6 is 13.5 Å². The van der Waals surface area contributed by atoms with Crippen molar-refractivity contribution in [1.82, 2.24) is 29.8 Å². The van der Waals surface area contributed by atoms with Crippen molar-refractivity contribution in [2.24, 2.45) is 0 Å². The molecule has 1 amide bonds. The first-order valence-corrected chi connectivity index (χ1v) is 9.31. The van der Waals surface area contributed by atoms with Crippen LogP contribution in [0, 0.1) is 0 Å². The average molecular weight is 422 g/mol. The van der Waals surface area contributed by atoms with E-state index in [0.29, 0.717) is 12.1 Å². The van der Waals surface area contributed by atoms with Gasteiger partial charge in [-0.15, -0.1) is 0 Å². The molecule has 0 saturated heterocycles. The molecule has 0 bridgehead atoms. The molecule has 3 aromatic heterocycles. The normalized spacial score (nSPS) is 11.5. The SMILES string of the molecule is CNC(=O)c1ccnc2c([C@H](C)CNc3cc(-n4ccnc4)ncn3)cccc12.S. The Labute approximate surface area is 181 Å². The second kappa shape index (κ2) is 9.36. The molecular formula is C21H23N7OS. The minimum atomic E-state index is -0.117. The van der Waals surface area contributed by atoms with Gasteiger partial charge in [0, 0.05) is 49.6 Å². The van der Waals surface area contributed by atoms with E-state index in [1.807, 2.05) is 35.0 Å². The number of anilines is 1. The Morgan fingerprint density at radius 2 is 2.03 bits per heavy atom. The van der Waals surface area contributed by atoms with Gasteiger partial charge in [-0.05, 0) is 11.6 Å². The second-order valence-corrected chi connectivity index (χ2v) is 6.69. The molecule has 9 heteroatoms. The summed E-state index contributed by atoms with van der Waals surface area (Å²) in [6.45, 7) is 2.78. The Morgan fingerprint density at radius 3 is 2.80 bits per heavy atom. The number of hydrogen-bond acceptors (Lipinski definition) is 6. The molecule has 0 radical (unpaired) electrons. The van der Waals surface area contributed by atoms with Gasteiger partial charge in [-0.1, -0.05) is 25.1 Å². The van der Waals surface area contributed by atoms with E-state index in [0.717, 1.165) is 28.1 Å². The summed E-state index contributed by atoms with van der Waals surface area (Å²) in [5.41, 5.74) is 2.54. The molecule has 0 aliphatic rings. The molecule has 0 aliphatic heterocycles. The van der Waals surface area contributed by atoms with Gasteiger partial charge >= 0.3 is 0 Å². The number of hydrogen-bond donors (Lipinski definition) is 2. The number of benzene rings is 1. The van der Waals surface area contributed by atoms with Gasteiger partial charge in [0.1, 0.15) is 24.3 Å². The van der Waals surface area contributed by atoms with Gasteiger partial charge < -0.3 is 10.6 Å². The smallest absolute Gasteiger partial charge is 0.251 e. The fourth-order valence-electron chi connectivity index (χ4n) is 3.28. The lowest BCUT2D eigenvalue weighted by Gasteiger charge is -2.16. The van der Waals surface area contributed by atoms with Crippen LogP contribution in [0.1, 0.15) is 28.8 Å². The summed E-state index contributed by atoms with van der Waals surface area (Å²) in [6, 6.07) is 9.56. The quantitative estimate of drug-likeness (QED) is 0.497. The predicted octanol–water partition coefficient (Wildman–Crippen LogP) is 2.90. The number of carbonyl (C=O) groups is 1. The zero-order valence-corrected chi connectivity index (χ0v) is 17.7. The molecule has 4 aromatic rings. The molecule has 1 aromatic carbocycles. The largest absolute Gasteiger partial charge is 0.369 e. The van der Waals surface area contributed by atoms with E-state index in [-0.39, 0.29) is 25.3 Å². The van der Waals surface area contributed by atoms with Gasteiger partial charge in [0.15, 0.2) is 0 Å². The lowest BCUT2D eigenvalue weighted by molar-refractivity contribution is 0.0964. The van der Waals surface area contributed by atoms with Crippen molar-refractivity contribution in [2.75, 3.05) is 18.9 Å². The highest BCUT2D eigenvalue weighted by molar-refractivity contribution is 7.59. The predicted molar refractivity (Wildman–Crippen MR) is 122 cm³/mol. The lowest BCUT2D eigenvalue weighted by Crippen LogP contribution is -2.18. The highest BCUT2D eigenvalue weighted by Gasteiger charge is 2.15. The molecule has 2 N–H and O–H groups in total. The van der Waals surface area contributed by atoms with Crippen molar-refractivity contribution in [1.29, 1.82) is 0 Å². The van der Waals surface area contributed by atoms with Crippen molar-refractivity contribution in [3.8, 4) is 5.82 Å². The standard InChI is InChI=1S/C21H21N7O.H2S/c1-14(11-25-18-10-19(27-12-26-18)28-9-8-23-13-28)15-4-3-5-16-17(21(29)22-2)6-7-24-20(15)16;/h3-10,12-14H,11H2,1-2H3,(H,22,29)(H,25,26,27);1H2/t14-;/m1./s1. The molecule has 0 unspecified atom stereocenters. The van der Waals surface area contributed by atoms with E-state index in [9.17, 15) is 4.79 Å². The van der Waals surface area contributed by atoms with Crippen LogP contribution in [0.3, 0.4) is 0 Å².